The van der Waals surface area contributed by atoms with Crippen LogP contribution >= 0.6 is 0 Å². The molecule has 0 aliphatic carbocycles. The fourth-order valence-electron chi connectivity index (χ4n) is 2.81. The highest BCUT2D eigenvalue weighted by Crippen LogP contribution is 2.41. The Balaban J connectivity index is 1.55. The second-order valence-corrected chi connectivity index (χ2v) is 6.78. The molecule has 3 rings (SSSR count). The maximum absolute atomic E-state index is 11.9. The van der Waals surface area contributed by atoms with Gasteiger partial charge in [0.15, 0.2) is 18.1 Å². The van der Waals surface area contributed by atoms with E-state index >= 15 is 0 Å². The van der Waals surface area contributed by atoms with Gasteiger partial charge in [0.2, 0.25) is 0 Å². The van der Waals surface area contributed by atoms with E-state index in [1.807, 2.05) is 63.2 Å². The number of carbonyl (C=O) groups excluding carboxylic acids is 1. The van der Waals surface area contributed by atoms with Gasteiger partial charge in [0, 0.05) is 12.0 Å². The van der Waals surface area contributed by atoms with E-state index in [9.17, 15) is 4.79 Å². The van der Waals surface area contributed by atoms with Crippen LogP contribution in [0, 0.1) is 6.92 Å². The van der Waals surface area contributed by atoms with Crippen molar-refractivity contribution in [3.8, 4) is 11.5 Å². The molecule has 0 aromatic heterocycles. The summed E-state index contributed by atoms with van der Waals surface area (Å²) in [5.74, 6) is 0.989. The third-order valence-electron chi connectivity index (χ3n) is 3.86. The summed E-state index contributed by atoms with van der Waals surface area (Å²) in [4.78, 5) is 11.9. The first kappa shape index (κ1) is 17.0. The number of hydrogen-bond acceptors (Lipinski definition) is 4. The van der Waals surface area contributed by atoms with Gasteiger partial charge in [-0.1, -0.05) is 42.0 Å². The van der Waals surface area contributed by atoms with Crippen LogP contribution in [-0.4, -0.2) is 24.3 Å². The summed E-state index contributed by atoms with van der Waals surface area (Å²) < 4.78 is 11.5. The zero-order valence-electron chi connectivity index (χ0n) is 14.7. The van der Waals surface area contributed by atoms with Crippen molar-refractivity contribution in [1.29, 1.82) is 0 Å². The zero-order valence-corrected chi connectivity index (χ0v) is 14.7. The minimum absolute atomic E-state index is 0.120. The molecule has 0 bridgehead atoms. The number of carbonyl (C=O) groups is 1. The van der Waals surface area contributed by atoms with E-state index in [1.165, 1.54) is 0 Å². The van der Waals surface area contributed by atoms with Crippen molar-refractivity contribution >= 4 is 12.1 Å². The molecule has 1 aliphatic rings. The van der Waals surface area contributed by atoms with Gasteiger partial charge in [-0.15, -0.1) is 0 Å². The smallest absolute Gasteiger partial charge is 0.277 e. The molecule has 5 nitrogen and oxygen atoms in total. The normalized spacial score (nSPS) is 14.8. The molecule has 2 aromatic rings. The first-order valence-electron chi connectivity index (χ1n) is 8.25. The molecule has 0 radical (unpaired) electrons. The Bertz CT molecular complexity index is 812. The van der Waals surface area contributed by atoms with E-state index in [2.05, 4.69) is 10.5 Å². The van der Waals surface area contributed by atoms with E-state index in [0.29, 0.717) is 5.75 Å². The van der Waals surface area contributed by atoms with Crippen LogP contribution in [0.15, 0.2) is 47.6 Å². The number of aryl methyl sites for hydroxylation is 1. The van der Waals surface area contributed by atoms with Crippen LogP contribution in [0.3, 0.4) is 0 Å². The number of benzene rings is 2. The number of hydrogen-bond donors (Lipinski definition) is 1. The second-order valence-electron chi connectivity index (χ2n) is 6.78. The Kier molecular flexibility index (Phi) is 4.74. The number of para-hydroxylation sites is 1. The van der Waals surface area contributed by atoms with Gasteiger partial charge in [-0.2, -0.15) is 5.10 Å². The predicted molar refractivity (Wildman–Crippen MR) is 97.3 cm³/mol. The number of ether oxygens (including phenoxy) is 2. The van der Waals surface area contributed by atoms with Gasteiger partial charge in [-0.05, 0) is 32.4 Å². The molecule has 25 heavy (non-hydrogen) atoms. The summed E-state index contributed by atoms with van der Waals surface area (Å²) in [5, 5.41) is 3.95. The predicted octanol–water partition coefficient (Wildman–Crippen LogP) is 3.24. The lowest BCUT2D eigenvalue weighted by atomic mass is 10.0. The van der Waals surface area contributed by atoms with Crippen LogP contribution in [0.25, 0.3) is 0 Å². The number of fused-ring (bicyclic) bond motifs is 1. The number of hydrazone groups is 1. The number of nitrogens with one attached hydrogen (secondary N) is 1. The highest BCUT2D eigenvalue weighted by Gasteiger charge is 2.32. The van der Waals surface area contributed by atoms with Crippen molar-refractivity contribution in [3.63, 3.8) is 0 Å². The molecule has 0 saturated carbocycles. The standard InChI is InChI=1S/C20H22N2O3/c1-14-6-4-7-15(10-14)12-21-22-18(23)13-24-17-9-5-8-16-11-20(2,3)25-19(16)17/h4-10,12H,11,13H2,1-3H3,(H,22,23)/b21-12+. The molecular weight excluding hydrogens is 316 g/mol. The van der Waals surface area contributed by atoms with E-state index in [-0.39, 0.29) is 18.1 Å². The quantitative estimate of drug-likeness (QED) is 0.672. The van der Waals surface area contributed by atoms with Crippen molar-refractivity contribution in [2.75, 3.05) is 6.61 Å². The molecule has 0 saturated heterocycles. The molecule has 1 aliphatic heterocycles. The lowest BCUT2D eigenvalue weighted by Crippen LogP contribution is -2.26. The third-order valence-corrected chi connectivity index (χ3v) is 3.86. The lowest BCUT2D eigenvalue weighted by Gasteiger charge is -2.18. The molecule has 130 valence electrons. The molecule has 0 unspecified atom stereocenters. The van der Waals surface area contributed by atoms with E-state index in [1.54, 1.807) is 6.21 Å². The van der Waals surface area contributed by atoms with E-state index in [4.69, 9.17) is 9.47 Å². The zero-order chi connectivity index (χ0) is 17.9. The maximum atomic E-state index is 11.9. The highest BCUT2D eigenvalue weighted by atomic mass is 16.5. The molecule has 5 heteroatoms. The topological polar surface area (TPSA) is 59.9 Å². The van der Waals surface area contributed by atoms with E-state index < -0.39 is 0 Å². The Hall–Kier alpha value is -2.82. The van der Waals surface area contributed by atoms with Crippen LogP contribution in [0.2, 0.25) is 0 Å². The van der Waals surface area contributed by atoms with Crippen LogP contribution in [0.1, 0.15) is 30.5 Å². The van der Waals surface area contributed by atoms with Gasteiger partial charge >= 0.3 is 0 Å². The number of nitrogens with zero attached hydrogens (tertiary/aromatic N) is 1. The SMILES string of the molecule is Cc1cccc(/C=N/NC(=O)COc2cccc3c2OC(C)(C)C3)c1. The second kappa shape index (κ2) is 6.97. The summed E-state index contributed by atoms with van der Waals surface area (Å²) in [6, 6.07) is 13.6. The molecular formula is C20H22N2O3. The Morgan fingerprint density at radius 2 is 2.12 bits per heavy atom. The minimum Gasteiger partial charge on any atom is -0.483 e. The average molecular weight is 338 g/mol. The molecule has 1 heterocycles. The van der Waals surface area contributed by atoms with Crippen LogP contribution < -0.4 is 14.9 Å². The van der Waals surface area contributed by atoms with Crippen molar-refractivity contribution < 1.29 is 14.3 Å². The van der Waals surface area contributed by atoms with Crippen molar-refractivity contribution in [3.05, 3.63) is 59.2 Å². The summed E-state index contributed by atoms with van der Waals surface area (Å²) in [7, 11) is 0. The van der Waals surface area contributed by atoms with Gasteiger partial charge in [-0.3, -0.25) is 4.79 Å². The molecule has 1 N–H and O–H groups in total. The van der Waals surface area contributed by atoms with Crippen molar-refractivity contribution in [2.45, 2.75) is 32.8 Å². The lowest BCUT2D eigenvalue weighted by molar-refractivity contribution is -0.123. The van der Waals surface area contributed by atoms with E-state index in [0.717, 1.165) is 28.9 Å². The Morgan fingerprint density at radius 1 is 1.32 bits per heavy atom. The monoisotopic (exact) mass is 338 g/mol. The van der Waals surface area contributed by atoms with Gasteiger partial charge < -0.3 is 9.47 Å². The molecule has 2 aromatic carbocycles. The Morgan fingerprint density at radius 3 is 2.92 bits per heavy atom. The third kappa shape index (κ3) is 4.38. The fourth-order valence-corrected chi connectivity index (χ4v) is 2.81. The summed E-state index contributed by atoms with van der Waals surface area (Å²) >= 11 is 0. The van der Waals surface area contributed by atoms with Crippen LogP contribution in [-0.2, 0) is 11.2 Å². The van der Waals surface area contributed by atoms with Gasteiger partial charge in [0.1, 0.15) is 5.60 Å². The maximum Gasteiger partial charge on any atom is 0.277 e. The molecule has 1 amide bonds. The fraction of sp³-hybridized carbons (Fsp3) is 0.300. The summed E-state index contributed by atoms with van der Waals surface area (Å²) in [6.07, 6.45) is 2.43. The van der Waals surface area contributed by atoms with Crippen LogP contribution in [0.5, 0.6) is 11.5 Å². The summed E-state index contributed by atoms with van der Waals surface area (Å²) in [5.41, 5.74) is 5.39. The average Bonchev–Trinajstić information content (AvgIpc) is 2.87. The first-order chi connectivity index (χ1) is 11.9. The summed E-state index contributed by atoms with van der Waals surface area (Å²) in [6.45, 7) is 5.95. The molecule has 0 spiro atoms. The van der Waals surface area contributed by atoms with Crippen LogP contribution in [0.4, 0.5) is 0 Å². The minimum atomic E-state index is -0.321. The van der Waals surface area contributed by atoms with Crippen molar-refractivity contribution in [1.82, 2.24) is 5.43 Å². The highest BCUT2D eigenvalue weighted by molar-refractivity contribution is 5.83. The first-order valence-corrected chi connectivity index (χ1v) is 8.25. The molecule has 0 fully saturated rings. The molecule has 0 atom stereocenters. The van der Waals surface area contributed by atoms with Gasteiger partial charge in [0.05, 0.1) is 6.21 Å². The number of amides is 1. The van der Waals surface area contributed by atoms with Gasteiger partial charge in [-0.25, -0.2) is 5.43 Å². The van der Waals surface area contributed by atoms with Crippen molar-refractivity contribution in [2.24, 2.45) is 5.10 Å². The number of rotatable bonds is 5. The Labute approximate surface area is 147 Å². The van der Waals surface area contributed by atoms with Gasteiger partial charge in [0.25, 0.3) is 5.91 Å². The largest absolute Gasteiger partial charge is 0.483 e.